The number of aryl methyl sites for hydroxylation is 1. The lowest BCUT2D eigenvalue weighted by Gasteiger charge is -2.23. The Morgan fingerprint density at radius 2 is 2.12 bits per heavy atom. The second-order valence-corrected chi connectivity index (χ2v) is 9.74. The minimum atomic E-state index is -0.203. The lowest BCUT2D eigenvalue weighted by atomic mass is 10.1. The average Bonchev–Trinajstić information content (AvgIpc) is 3.13. The summed E-state index contributed by atoms with van der Waals surface area (Å²) in [6.07, 6.45) is 4.86. The van der Waals surface area contributed by atoms with E-state index in [0.29, 0.717) is 29.5 Å². The molecule has 4 rings (SSSR count). The molecule has 1 unspecified atom stereocenters. The van der Waals surface area contributed by atoms with Gasteiger partial charge in [0.2, 0.25) is 0 Å². The van der Waals surface area contributed by atoms with Gasteiger partial charge in [0.1, 0.15) is 5.52 Å². The average molecular weight is 476 g/mol. The Balaban J connectivity index is 1.80. The van der Waals surface area contributed by atoms with Gasteiger partial charge >= 0.3 is 0 Å². The van der Waals surface area contributed by atoms with Gasteiger partial charge in [0, 0.05) is 22.8 Å². The van der Waals surface area contributed by atoms with Crippen molar-refractivity contribution in [3.8, 4) is 11.4 Å². The monoisotopic (exact) mass is 475 g/mol. The maximum atomic E-state index is 13.7. The van der Waals surface area contributed by atoms with Crippen molar-refractivity contribution in [2.45, 2.75) is 63.7 Å². The lowest BCUT2D eigenvalue weighted by molar-refractivity contribution is -0.163. The molecule has 0 N–H and O–H groups in total. The zero-order valence-corrected chi connectivity index (χ0v) is 20.6. The van der Waals surface area contributed by atoms with Crippen LogP contribution in [0.25, 0.3) is 16.9 Å². The molecule has 3 heterocycles. The number of rotatable bonds is 7. The number of hydrogen-bond acceptors (Lipinski definition) is 5. The molecule has 1 atom stereocenters. The second-order valence-electron chi connectivity index (χ2n) is 8.45. The van der Waals surface area contributed by atoms with E-state index >= 15 is 0 Å². The zero-order valence-electron chi connectivity index (χ0n) is 19.1. The molecule has 32 heavy (non-hydrogen) atoms. The summed E-state index contributed by atoms with van der Waals surface area (Å²) >= 11 is 8.26. The summed E-state index contributed by atoms with van der Waals surface area (Å²) in [5, 5.41) is 5.46. The first-order valence-corrected chi connectivity index (χ1v) is 12.7. The molecule has 0 amide bonds. The Bertz CT molecular complexity index is 1170. The maximum Gasteiger partial charge on any atom is 0.278 e. The Labute approximate surface area is 197 Å². The van der Waals surface area contributed by atoms with Crippen LogP contribution in [-0.4, -0.2) is 39.9 Å². The van der Waals surface area contributed by atoms with Crippen LogP contribution in [0, 0.1) is 6.92 Å². The molecule has 0 bridgehead atoms. The molecule has 2 aromatic heterocycles. The van der Waals surface area contributed by atoms with Gasteiger partial charge in [-0.15, -0.1) is 16.9 Å². The molecular formula is C24H30ClN3O3S. The minimum Gasteiger partial charge on any atom is -0.353 e. The highest BCUT2D eigenvalue weighted by Crippen LogP contribution is 2.31. The summed E-state index contributed by atoms with van der Waals surface area (Å²) in [5.74, 6) is 0.756. The van der Waals surface area contributed by atoms with E-state index in [1.54, 1.807) is 20.8 Å². The normalized spacial score (nSPS) is 16.9. The number of fused-ring (bicyclic) bond motifs is 1. The van der Waals surface area contributed by atoms with E-state index in [4.69, 9.17) is 26.2 Å². The third-order valence-electron chi connectivity index (χ3n) is 5.88. The largest absolute Gasteiger partial charge is 0.353 e. The molecule has 0 radical (unpaired) electrons. The molecule has 1 aliphatic rings. The van der Waals surface area contributed by atoms with E-state index in [2.05, 4.69) is 13.8 Å². The van der Waals surface area contributed by atoms with Gasteiger partial charge < -0.3 is 9.47 Å². The van der Waals surface area contributed by atoms with Crippen molar-refractivity contribution in [3.63, 3.8) is 0 Å². The van der Waals surface area contributed by atoms with Crippen molar-refractivity contribution in [1.82, 2.24) is 14.2 Å². The van der Waals surface area contributed by atoms with E-state index in [1.807, 2.05) is 37.4 Å². The van der Waals surface area contributed by atoms with Gasteiger partial charge in [-0.25, -0.2) is 4.52 Å². The molecule has 1 fully saturated rings. The predicted molar refractivity (Wildman–Crippen MR) is 130 cm³/mol. The summed E-state index contributed by atoms with van der Waals surface area (Å²) in [6.45, 7) is 7.62. The Hall–Kier alpha value is -1.80. The summed E-state index contributed by atoms with van der Waals surface area (Å²) in [6, 6.07) is 7.90. The molecule has 1 aliphatic heterocycles. The van der Waals surface area contributed by atoms with Crippen LogP contribution < -0.4 is 5.56 Å². The van der Waals surface area contributed by atoms with Crippen LogP contribution in [0.2, 0.25) is 5.02 Å². The Morgan fingerprint density at radius 3 is 2.78 bits per heavy atom. The van der Waals surface area contributed by atoms with Crippen molar-refractivity contribution in [1.29, 1.82) is 0 Å². The second kappa shape index (κ2) is 10.00. The van der Waals surface area contributed by atoms with Crippen LogP contribution >= 0.6 is 23.4 Å². The first-order chi connectivity index (χ1) is 15.4. The molecule has 6 nitrogen and oxygen atoms in total. The predicted octanol–water partition coefficient (Wildman–Crippen LogP) is 5.51. The van der Waals surface area contributed by atoms with Gasteiger partial charge in [0.05, 0.1) is 18.2 Å². The fourth-order valence-corrected chi connectivity index (χ4v) is 4.91. The molecule has 172 valence electrons. The fraction of sp³-hybridized carbons (Fsp3) is 0.500. The summed E-state index contributed by atoms with van der Waals surface area (Å²) in [7, 11) is 0. The van der Waals surface area contributed by atoms with Crippen LogP contribution in [0.4, 0.5) is 0 Å². The quantitative estimate of drug-likeness (QED) is 0.421. The first-order valence-electron chi connectivity index (χ1n) is 11.1. The highest BCUT2D eigenvalue weighted by atomic mass is 35.5. The molecule has 1 saturated heterocycles. The number of ether oxygens (including phenoxy) is 2. The van der Waals surface area contributed by atoms with Crippen molar-refractivity contribution in [2.24, 2.45) is 0 Å². The summed E-state index contributed by atoms with van der Waals surface area (Å²) < 4.78 is 15.1. The number of halogens is 1. The van der Waals surface area contributed by atoms with Crippen molar-refractivity contribution >= 4 is 28.9 Å². The van der Waals surface area contributed by atoms with Crippen molar-refractivity contribution < 1.29 is 9.47 Å². The molecular weight excluding hydrogens is 446 g/mol. The first kappa shape index (κ1) is 23.4. The van der Waals surface area contributed by atoms with Crippen LogP contribution in [0.1, 0.15) is 50.3 Å². The minimum absolute atomic E-state index is 0.0787. The SMILES string of the molecule is CSc1ccc(-c2nn3c(C)cc(C(C)C)c3c(=O)n2CCOC2CCCCO2)c(Cl)c1. The Kier molecular flexibility index (Phi) is 7.30. The molecule has 1 aromatic carbocycles. The highest BCUT2D eigenvalue weighted by Gasteiger charge is 2.21. The van der Waals surface area contributed by atoms with E-state index in [9.17, 15) is 4.79 Å². The third-order valence-corrected chi connectivity index (χ3v) is 6.92. The molecule has 0 saturated carbocycles. The molecule has 0 spiro atoms. The van der Waals surface area contributed by atoms with Gasteiger partial charge in [0.25, 0.3) is 5.56 Å². The number of aromatic nitrogens is 3. The van der Waals surface area contributed by atoms with Gasteiger partial charge in [-0.2, -0.15) is 0 Å². The zero-order chi connectivity index (χ0) is 22.8. The smallest absolute Gasteiger partial charge is 0.278 e. The van der Waals surface area contributed by atoms with E-state index < -0.39 is 0 Å². The topological polar surface area (TPSA) is 57.8 Å². The van der Waals surface area contributed by atoms with Crippen molar-refractivity contribution in [3.05, 3.63) is 50.9 Å². The Morgan fingerprint density at radius 1 is 1.31 bits per heavy atom. The highest BCUT2D eigenvalue weighted by molar-refractivity contribution is 7.98. The molecule has 3 aromatic rings. The van der Waals surface area contributed by atoms with E-state index in [1.165, 1.54) is 0 Å². The van der Waals surface area contributed by atoms with Gasteiger partial charge in [-0.3, -0.25) is 9.36 Å². The van der Waals surface area contributed by atoms with E-state index in [0.717, 1.165) is 47.6 Å². The van der Waals surface area contributed by atoms with Gasteiger partial charge in [-0.1, -0.05) is 25.4 Å². The van der Waals surface area contributed by atoms with Gasteiger partial charge in [0.15, 0.2) is 12.1 Å². The molecule has 8 heteroatoms. The van der Waals surface area contributed by atoms with Crippen LogP contribution in [0.3, 0.4) is 0 Å². The number of benzene rings is 1. The maximum absolute atomic E-state index is 13.7. The fourth-order valence-electron chi connectivity index (χ4n) is 4.14. The lowest BCUT2D eigenvalue weighted by Crippen LogP contribution is -2.30. The number of thioether (sulfide) groups is 1. The van der Waals surface area contributed by atoms with E-state index in [-0.39, 0.29) is 17.8 Å². The summed E-state index contributed by atoms with van der Waals surface area (Å²) in [5.41, 5.74) is 3.20. The van der Waals surface area contributed by atoms with Crippen LogP contribution in [-0.2, 0) is 16.0 Å². The number of nitrogens with zero attached hydrogens (tertiary/aromatic N) is 3. The summed E-state index contributed by atoms with van der Waals surface area (Å²) in [4.78, 5) is 14.8. The third kappa shape index (κ3) is 4.62. The molecule has 0 aliphatic carbocycles. The van der Waals surface area contributed by atoms with Gasteiger partial charge in [-0.05, 0) is 68.2 Å². The van der Waals surface area contributed by atoms with Crippen LogP contribution in [0.15, 0.2) is 34.0 Å². The van der Waals surface area contributed by atoms with Crippen LogP contribution in [0.5, 0.6) is 0 Å². The number of hydrogen-bond donors (Lipinski definition) is 0. The standard InChI is InChI=1S/C24H30ClN3O3S/c1-15(2)19-13-16(3)28-22(19)24(29)27(10-12-31-21-7-5-6-11-30-21)23(26-28)18-9-8-17(32-4)14-20(18)25/h8-9,13-15,21H,5-7,10-12H2,1-4H3. The van der Waals surface area contributed by atoms with Crippen molar-refractivity contribution in [2.75, 3.05) is 19.5 Å².